The normalized spacial score (nSPS) is 28.3. The maximum atomic E-state index is 11.7. The number of aliphatic hydroxyl groups is 1. The monoisotopic (exact) mass is 553 g/mol. The molecule has 2 aromatic rings. The lowest BCUT2D eigenvalue weighted by Crippen LogP contribution is -2.62. The predicted molar refractivity (Wildman–Crippen MR) is 149 cm³/mol. The molecule has 4 atom stereocenters. The van der Waals surface area contributed by atoms with Crippen molar-refractivity contribution in [2.24, 2.45) is 0 Å². The highest BCUT2D eigenvalue weighted by Gasteiger charge is 2.60. The van der Waals surface area contributed by atoms with Crippen molar-refractivity contribution in [1.29, 1.82) is 0 Å². The van der Waals surface area contributed by atoms with E-state index in [0.717, 1.165) is 5.67 Å². The van der Waals surface area contributed by atoms with Crippen LogP contribution in [0.5, 0.6) is 0 Å². The van der Waals surface area contributed by atoms with Gasteiger partial charge in [0.1, 0.15) is 35.5 Å². The average Bonchev–Trinajstić information content (AvgIpc) is 3.31. The maximum Gasteiger partial charge on any atom is 0.198 e. The molecule has 0 amide bonds. The first-order valence-corrected chi connectivity index (χ1v) is 18.8. The van der Waals surface area contributed by atoms with Crippen LogP contribution >= 0.6 is 11.8 Å². The number of hydrogen-bond acceptors (Lipinski definition) is 9. The highest BCUT2D eigenvalue weighted by Crippen LogP contribution is 2.51. The van der Waals surface area contributed by atoms with Gasteiger partial charge in [0, 0.05) is 0 Å². The number of nitrogens with zero attached hydrogens (tertiary/aromatic N) is 4. The van der Waals surface area contributed by atoms with E-state index in [1.54, 1.807) is 4.68 Å². The molecular formula is C24H43N5O4SSi2. The van der Waals surface area contributed by atoms with Crippen LogP contribution in [0.15, 0.2) is 11.4 Å². The summed E-state index contributed by atoms with van der Waals surface area (Å²) in [6.45, 7) is 18.8. The van der Waals surface area contributed by atoms with E-state index in [2.05, 4.69) is 65.4 Å². The molecule has 3 N–H and O–H groups in total. The van der Waals surface area contributed by atoms with E-state index in [4.69, 9.17) is 24.4 Å². The van der Waals surface area contributed by atoms with Crippen molar-refractivity contribution in [3.05, 3.63) is 6.33 Å². The zero-order chi connectivity index (χ0) is 26.6. The largest absolute Gasteiger partial charge is 0.414 e. The number of rotatable bonds is 6. The van der Waals surface area contributed by atoms with Crippen molar-refractivity contribution in [3.8, 4) is 0 Å². The van der Waals surface area contributed by atoms with Crippen molar-refractivity contribution in [3.63, 3.8) is 0 Å². The quantitative estimate of drug-likeness (QED) is 0.381. The number of anilines is 1. The smallest absolute Gasteiger partial charge is 0.198 e. The van der Waals surface area contributed by atoms with Crippen LogP contribution < -0.4 is 5.73 Å². The van der Waals surface area contributed by atoms with Gasteiger partial charge in [0.25, 0.3) is 0 Å². The van der Waals surface area contributed by atoms with Crippen LogP contribution in [0.1, 0.15) is 61.6 Å². The molecule has 0 aliphatic carbocycles. The minimum atomic E-state index is -2.39. The van der Waals surface area contributed by atoms with Gasteiger partial charge in [0.15, 0.2) is 28.5 Å². The third-order valence-electron chi connectivity index (χ3n) is 8.56. The SMILES string of the molecule is CSc1nn([C@@H]2O[C@H]3CO[Si](C(C)C)(C(C)C)C[Si](C(C)C)(C(C)C)O[C@H]3[C@H]2O)c2ncnc(N)c12. The van der Waals surface area contributed by atoms with E-state index in [1.165, 1.54) is 18.1 Å². The highest BCUT2D eigenvalue weighted by atomic mass is 32.2. The summed E-state index contributed by atoms with van der Waals surface area (Å²) in [5, 5.41) is 17.8. The zero-order valence-electron chi connectivity index (χ0n) is 23.1. The lowest BCUT2D eigenvalue weighted by molar-refractivity contribution is -0.0558. The molecule has 0 bridgehead atoms. The molecule has 4 rings (SSSR count). The fraction of sp³-hybridized carbons (Fsp3) is 0.792. The lowest BCUT2D eigenvalue weighted by atomic mass is 10.1. The van der Waals surface area contributed by atoms with Crippen LogP contribution in [0.2, 0.25) is 27.8 Å². The van der Waals surface area contributed by atoms with Crippen molar-refractivity contribution in [1.82, 2.24) is 19.7 Å². The van der Waals surface area contributed by atoms with E-state index in [0.29, 0.717) is 50.6 Å². The molecule has 12 heteroatoms. The van der Waals surface area contributed by atoms with Gasteiger partial charge in [-0.3, -0.25) is 0 Å². The first-order valence-electron chi connectivity index (χ1n) is 13.1. The molecule has 2 saturated heterocycles. The van der Waals surface area contributed by atoms with E-state index in [9.17, 15) is 5.11 Å². The summed E-state index contributed by atoms with van der Waals surface area (Å²) in [5.74, 6) is 0.365. The molecular weight excluding hydrogens is 511 g/mol. The molecule has 4 heterocycles. The van der Waals surface area contributed by atoms with Crippen molar-refractivity contribution in [2.75, 3.05) is 18.6 Å². The second-order valence-corrected chi connectivity index (χ2v) is 22.7. The lowest BCUT2D eigenvalue weighted by Gasteiger charge is -2.51. The molecule has 2 aliphatic heterocycles. The Labute approximate surface area is 221 Å². The van der Waals surface area contributed by atoms with Gasteiger partial charge in [-0.1, -0.05) is 55.4 Å². The first kappa shape index (κ1) is 28.0. The third-order valence-corrected chi connectivity index (χ3v) is 22.9. The molecule has 0 spiro atoms. The minimum Gasteiger partial charge on any atom is -0.414 e. The summed E-state index contributed by atoms with van der Waals surface area (Å²) in [6.07, 6.45) is 0.807. The van der Waals surface area contributed by atoms with Crippen LogP contribution in [0.25, 0.3) is 11.0 Å². The Bertz CT molecular complexity index is 1070. The Balaban J connectivity index is 1.80. The summed E-state index contributed by atoms with van der Waals surface area (Å²) < 4.78 is 22.4. The second-order valence-electron chi connectivity index (χ2n) is 11.6. The highest BCUT2D eigenvalue weighted by molar-refractivity contribution is 7.98. The Morgan fingerprint density at radius 3 is 2.19 bits per heavy atom. The molecule has 36 heavy (non-hydrogen) atoms. The van der Waals surface area contributed by atoms with Gasteiger partial charge in [-0.25, -0.2) is 14.6 Å². The summed E-state index contributed by atoms with van der Waals surface area (Å²) in [5.41, 5.74) is 9.38. The Morgan fingerprint density at radius 2 is 1.64 bits per heavy atom. The Morgan fingerprint density at radius 1 is 1.03 bits per heavy atom. The van der Waals surface area contributed by atoms with E-state index in [1.807, 2.05) is 6.26 Å². The molecule has 2 fully saturated rings. The van der Waals surface area contributed by atoms with Gasteiger partial charge in [-0.2, -0.15) is 5.10 Å². The molecule has 202 valence electrons. The topological polar surface area (TPSA) is 118 Å². The molecule has 0 aromatic carbocycles. The molecule has 0 saturated carbocycles. The number of aromatic nitrogens is 4. The van der Waals surface area contributed by atoms with Crippen molar-refractivity contribution >= 4 is 45.2 Å². The third kappa shape index (κ3) is 4.36. The van der Waals surface area contributed by atoms with Crippen LogP contribution in [0.4, 0.5) is 5.82 Å². The standard InChI is InChI=1S/C24H43N5O4SSi2/c1-13(2)35(14(3)4)12-36(15(5)6,16(7)8)33-20-17(10-31-35)32-24(19(20)30)29-22-18(23(28-29)34-9)21(25)26-11-27-22/h11,13-17,19-20,24,30H,10,12H2,1-9H3,(H2,25,26,27)/t17-,19+,20+,24+/m0/s1. The van der Waals surface area contributed by atoms with Gasteiger partial charge < -0.3 is 24.4 Å². The van der Waals surface area contributed by atoms with E-state index >= 15 is 0 Å². The number of ether oxygens (including phenoxy) is 1. The van der Waals surface area contributed by atoms with Gasteiger partial charge in [0.05, 0.1) is 12.0 Å². The number of thioether (sulfide) groups is 1. The van der Waals surface area contributed by atoms with Gasteiger partial charge >= 0.3 is 0 Å². The molecule has 9 nitrogen and oxygen atoms in total. The van der Waals surface area contributed by atoms with Crippen LogP contribution in [0.3, 0.4) is 0 Å². The molecule has 0 unspecified atom stereocenters. The van der Waals surface area contributed by atoms with Crippen molar-refractivity contribution in [2.45, 2.75) is 113 Å². The van der Waals surface area contributed by atoms with Gasteiger partial charge in [-0.05, 0) is 34.1 Å². The van der Waals surface area contributed by atoms with Crippen LogP contribution in [-0.2, 0) is 13.6 Å². The average molecular weight is 554 g/mol. The fourth-order valence-corrected chi connectivity index (χ4v) is 22.7. The van der Waals surface area contributed by atoms with Crippen molar-refractivity contribution < 1.29 is 18.7 Å². The minimum absolute atomic E-state index is 0.365. The van der Waals surface area contributed by atoms with E-state index < -0.39 is 41.2 Å². The maximum absolute atomic E-state index is 11.7. The number of hydrogen-bond donors (Lipinski definition) is 2. The molecule has 2 aromatic heterocycles. The number of aliphatic hydroxyl groups excluding tert-OH is 1. The van der Waals surface area contributed by atoms with Gasteiger partial charge in [-0.15, -0.1) is 11.8 Å². The molecule has 2 aliphatic rings. The number of nitrogens with two attached hydrogens (primary N) is 1. The second kappa shape index (κ2) is 10.3. The predicted octanol–water partition coefficient (Wildman–Crippen LogP) is 4.87. The Hall–Kier alpha value is -1.03. The summed E-state index contributed by atoms with van der Waals surface area (Å²) in [4.78, 5) is 8.59. The number of fused-ring (bicyclic) bond motifs is 2. The fourth-order valence-electron chi connectivity index (χ4n) is 6.26. The van der Waals surface area contributed by atoms with E-state index in [-0.39, 0.29) is 0 Å². The Kier molecular flexibility index (Phi) is 7.99. The molecule has 0 radical (unpaired) electrons. The summed E-state index contributed by atoms with van der Waals surface area (Å²) >= 11 is 1.47. The summed E-state index contributed by atoms with van der Waals surface area (Å²) in [7, 11) is -4.59. The zero-order valence-corrected chi connectivity index (χ0v) is 25.9. The summed E-state index contributed by atoms with van der Waals surface area (Å²) in [6, 6.07) is 0. The first-order chi connectivity index (χ1) is 16.9. The van der Waals surface area contributed by atoms with Crippen LogP contribution in [-0.4, -0.2) is 72.7 Å². The van der Waals surface area contributed by atoms with Crippen LogP contribution in [0, 0.1) is 0 Å². The van der Waals surface area contributed by atoms with Gasteiger partial charge in [0.2, 0.25) is 0 Å². The number of nitrogen functional groups attached to an aromatic ring is 1.